The summed E-state index contributed by atoms with van der Waals surface area (Å²) >= 11 is 0. The van der Waals surface area contributed by atoms with E-state index in [2.05, 4.69) is 5.32 Å². The SMILES string of the molecule is CNC(=O)C(=O)c1cccc(F)c1COc1cc(C)c(C)cc1C. The van der Waals surface area contributed by atoms with Crippen molar-refractivity contribution >= 4 is 11.7 Å². The van der Waals surface area contributed by atoms with E-state index in [1.165, 1.54) is 25.2 Å². The minimum atomic E-state index is -0.788. The van der Waals surface area contributed by atoms with Crippen molar-refractivity contribution in [3.8, 4) is 5.75 Å². The summed E-state index contributed by atoms with van der Waals surface area (Å²) in [6.07, 6.45) is 0. The summed E-state index contributed by atoms with van der Waals surface area (Å²) in [4.78, 5) is 23.7. The van der Waals surface area contributed by atoms with E-state index < -0.39 is 17.5 Å². The molecule has 0 spiro atoms. The Morgan fingerprint density at radius 2 is 1.75 bits per heavy atom. The number of halogens is 1. The van der Waals surface area contributed by atoms with E-state index in [9.17, 15) is 14.0 Å². The molecule has 0 aliphatic rings. The first-order chi connectivity index (χ1) is 11.3. The van der Waals surface area contributed by atoms with Crippen molar-refractivity contribution in [2.75, 3.05) is 7.05 Å². The van der Waals surface area contributed by atoms with E-state index in [1.54, 1.807) is 0 Å². The molecular formula is C19H20FNO3. The minimum absolute atomic E-state index is 0.0100. The number of likely N-dealkylation sites (N-methyl/N-ethyl adjacent to an activating group) is 1. The second kappa shape index (κ2) is 7.25. The van der Waals surface area contributed by atoms with Gasteiger partial charge in [0.1, 0.15) is 18.2 Å². The first-order valence-electron chi connectivity index (χ1n) is 7.59. The number of ketones is 1. The maximum absolute atomic E-state index is 14.2. The van der Waals surface area contributed by atoms with Crippen LogP contribution < -0.4 is 10.1 Å². The van der Waals surface area contributed by atoms with Gasteiger partial charge in [0.2, 0.25) is 0 Å². The van der Waals surface area contributed by atoms with Gasteiger partial charge >= 0.3 is 0 Å². The summed E-state index contributed by atoms with van der Waals surface area (Å²) in [5.41, 5.74) is 3.21. The van der Waals surface area contributed by atoms with Gasteiger partial charge < -0.3 is 10.1 Å². The predicted octanol–water partition coefficient (Wildman–Crippen LogP) is 3.26. The second-order valence-electron chi connectivity index (χ2n) is 5.66. The van der Waals surface area contributed by atoms with Gasteiger partial charge in [-0.05, 0) is 49.6 Å². The zero-order valence-electron chi connectivity index (χ0n) is 14.2. The van der Waals surface area contributed by atoms with Crippen molar-refractivity contribution in [1.29, 1.82) is 0 Å². The van der Waals surface area contributed by atoms with Gasteiger partial charge in [-0.25, -0.2) is 4.39 Å². The van der Waals surface area contributed by atoms with Gasteiger partial charge in [-0.15, -0.1) is 0 Å². The van der Waals surface area contributed by atoms with Crippen molar-refractivity contribution < 1.29 is 18.7 Å². The average Bonchev–Trinajstić information content (AvgIpc) is 2.56. The fourth-order valence-corrected chi connectivity index (χ4v) is 2.39. The van der Waals surface area contributed by atoms with Gasteiger partial charge in [0.15, 0.2) is 0 Å². The monoisotopic (exact) mass is 329 g/mol. The molecule has 0 unspecified atom stereocenters. The van der Waals surface area contributed by atoms with Crippen LogP contribution in [0.25, 0.3) is 0 Å². The van der Waals surface area contributed by atoms with Crippen LogP contribution >= 0.6 is 0 Å². The van der Waals surface area contributed by atoms with E-state index in [0.29, 0.717) is 5.75 Å². The Morgan fingerprint density at radius 3 is 2.42 bits per heavy atom. The van der Waals surface area contributed by atoms with Crippen LogP contribution in [0.3, 0.4) is 0 Å². The number of amides is 1. The van der Waals surface area contributed by atoms with Crippen LogP contribution in [0.5, 0.6) is 5.75 Å². The Hall–Kier alpha value is -2.69. The molecule has 0 aliphatic carbocycles. The van der Waals surface area contributed by atoms with Crippen molar-refractivity contribution in [1.82, 2.24) is 5.32 Å². The molecular weight excluding hydrogens is 309 g/mol. The number of carbonyl (C=O) groups excluding carboxylic acids is 2. The molecule has 1 N–H and O–H groups in total. The molecule has 5 heteroatoms. The molecule has 0 saturated carbocycles. The van der Waals surface area contributed by atoms with Gasteiger partial charge in [-0.1, -0.05) is 18.2 Å². The largest absolute Gasteiger partial charge is 0.488 e. The molecule has 0 fully saturated rings. The number of aryl methyl sites for hydroxylation is 3. The molecule has 0 radical (unpaired) electrons. The number of hydrogen-bond donors (Lipinski definition) is 1. The molecule has 0 bridgehead atoms. The Kier molecular flexibility index (Phi) is 5.34. The van der Waals surface area contributed by atoms with Crippen molar-refractivity contribution in [2.24, 2.45) is 0 Å². The van der Waals surface area contributed by atoms with Crippen molar-refractivity contribution in [3.63, 3.8) is 0 Å². The van der Waals surface area contributed by atoms with E-state index in [-0.39, 0.29) is 17.7 Å². The number of Topliss-reactive ketones (excluding diaryl/α,β-unsaturated/α-hetero) is 1. The van der Waals surface area contributed by atoms with Crippen LogP contribution in [0.4, 0.5) is 4.39 Å². The standard InChI is InChI=1S/C19H20FNO3/c1-11-8-13(3)17(9-12(11)2)24-10-15-14(6-5-7-16(15)20)18(22)19(23)21-4/h5-9H,10H2,1-4H3,(H,21,23). The van der Waals surface area contributed by atoms with Gasteiger partial charge in [0.05, 0.1) is 0 Å². The third-order valence-corrected chi connectivity index (χ3v) is 3.96. The molecule has 2 rings (SSSR count). The number of benzene rings is 2. The van der Waals surface area contributed by atoms with Crippen LogP contribution in [0.1, 0.15) is 32.6 Å². The van der Waals surface area contributed by atoms with E-state index >= 15 is 0 Å². The van der Waals surface area contributed by atoms with Crippen LogP contribution in [-0.4, -0.2) is 18.7 Å². The Labute approximate surface area is 140 Å². The average molecular weight is 329 g/mol. The summed E-state index contributed by atoms with van der Waals surface area (Å²) in [7, 11) is 1.36. The highest BCUT2D eigenvalue weighted by atomic mass is 19.1. The molecule has 0 heterocycles. The quantitative estimate of drug-likeness (QED) is 0.677. The smallest absolute Gasteiger partial charge is 0.292 e. The number of rotatable bonds is 5. The van der Waals surface area contributed by atoms with Crippen molar-refractivity contribution in [2.45, 2.75) is 27.4 Å². The lowest BCUT2D eigenvalue weighted by atomic mass is 10.0. The minimum Gasteiger partial charge on any atom is -0.488 e. The number of hydrogen-bond acceptors (Lipinski definition) is 3. The number of ether oxygens (including phenoxy) is 1. The lowest BCUT2D eigenvalue weighted by Gasteiger charge is -2.14. The molecule has 126 valence electrons. The van der Waals surface area contributed by atoms with Gasteiger partial charge in [0, 0.05) is 18.2 Å². The Morgan fingerprint density at radius 1 is 1.08 bits per heavy atom. The van der Waals surface area contributed by atoms with E-state index in [4.69, 9.17) is 4.74 Å². The van der Waals surface area contributed by atoms with Gasteiger partial charge in [-0.2, -0.15) is 0 Å². The molecule has 2 aromatic carbocycles. The highest BCUT2D eigenvalue weighted by molar-refractivity contribution is 6.43. The summed E-state index contributed by atoms with van der Waals surface area (Å²) in [5, 5.41) is 2.25. The lowest BCUT2D eigenvalue weighted by Crippen LogP contribution is -2.28. The van der Waals surface area contributed by atoms with E-state index in [1.807, 2.05) is 32.9 Å². The second-order valence-corrected chi connectivity index (χ2v) is 5.66. The first-order valence-corrected chi connectivity index (χ1v) is 7.59. The molecule has 24 heavy (non-hydrogen) atoms. The Balaban J connectivity index is 2.32. The summed E-state index contributed by atoms with van der Waals surface area (Å²) < 4.78 is 19.9. The summed E-state index contributed by atoms with van der Waals surface area (Å²) in [6, 6.07) is 7.93. The number of carbonyl (C=O) groups is 2. The summed E-state index contributed by atoms with van der Waals surface area (Å²) in [5.74, 6) is -1.53. The van der Waals surface area contributed by atoms with Crippen molar-refractivity contribution in [3.05, 3.63) is 64.0 Å². The molecule has 0 aliphatic heterocycles. The summed E-state index contributed by atoms with van der Waals surface area (Å²) in [6.45, 7) is 5.74. The predicted molar refractivity (Wildman–Crippen MR) is 89.8 cm³/mol. The normalized spacial score (nSPS) is 10.4. The topological polar surface area (TPSA) is 55.4 Å². The Bertz CT molecular complexity index is 799. The van der Waals surface area contributed by atoms with Crippen LogP contribution in [0.15, 0.2) is 30.3 Å². The zero-order valence-corrected chi connectivity index (χ0v) is 14.2. The molecule has 1 amide bonds. The molecule has 0 aromatic heterocycles. The molecule has 2 aromatic rings. The number of nitrogens with one attached hydrogen (secondary N) is 1. The van der Waals surface area contributed by atoms with Gasteiger partial charge in [0.25, 0.3) is 11.7 Å². The molecule has 0 atom stereocenters. The maximum atomic E-state index is 14.2. The first kappa shape index (κ1) is 17.7. The molecule has 4 nitrogen and oxygen atoms in total. The maximum Gasteiger partial charge on any atom is 0.292 e. The third-order valence-electron chi connectivity index (χ3n) is 3.96. The van der Waals surface area contributed by atoms with E-state index in [0.717, 1.165) is 16.7 Å². The van der Waals surface area contributed by atoms with Crippen LogP contribution in [0.2, 0.25) is 0 Å². The fourth-order valence-electron chi connectivity index (χ4n) is 2.39. The highest BCUT2D eigenvalue weighted by Gasteiger charge is 2.21. The lowest BCUT2D eigenvalue weighted by molar-refractivity contribution is -0.116. The zero-order chi connectivity index (χ0) is 17.9. The van der Waals surface area contributed by atoms with Crippen LogP contribution in [-0.2, 0) is 11.4 Å². The third kappa shape index (κ3) is 3.62. The highest BCUT2D eigenvalue weighted by Crippen LogP contribution is 2.24. The fraction of sp³-hybridized carbons (Fsp3) is 0.263. The van der Waals surface area contributed by atoms with Crippen LogP contribution in [0, 0.1) is 26.6 Å². The van der Waals surface area contributed by atoms with Gasteiger partial charge in [-0.3, -0.25) is 9.59 Å². The molecule has 0 saturated heterocycles.